The van der Waals surface area contributed by atoms with E-state index >= 15 is 4.39 Å². The van der Waals surface area contributed by atoms with Crippen molar-refractivity contribution in [1.29, 1.82) is 0 Å². The number of rotatable bonds is 6. The van der Waals surface area contributed by atoms with Gasteiger partial charge in [-0.2, -0.15) is 0 Å². The number of hydrogen-bond acceptors (Lipinski definition) is 7. The molecule has 0 saturated carbocycles. The molecule has 6 heterocycles. The smallest absolute Gasteiger partial charge is 0.274 e. The van der Waals surface area contributed by atoms with E-state index in [1.54, 1.807) is 35.5 Å². The lowest BCUT2D eigenvalue weighted by atomic mass is 9.91. The zero-order valence-electron chi connectivity index (χ0n) is 26.3. The van der Waals surface area contributed by atoms with Crippen LogP contribution in [-0.4, -0.2) is 52.7 Å². The first-order valence-corrected chi connectivity index (χ1v) is 17.3. The third kappa shape index (κ3) is 5.07. The number of hydrogen-bond donors (Lipinski definition) is 1. The standard InChI is InChI=1S/C36H38FN5O3S/c1-3-25-28(15-23(37)16-31(25)42-13-10-27-26-6-4-5-7-32(26)46-34(27)36(42)44)22-14-30(35(43)40(2)17-22)39-33-9-8-21-18-41(24-19-45-20-24)12-11-29(21)38-33/h8-9,14-17,24H,3-7,10-13,18-20H2,1-2H3,(H,38,39). The van der Waals surface area contributed by atoms with Crippen molar-refractivity contribution in [2.75, 3.05) is 36.5 Å². The minimum atomic E-state index is -0.409. The second-order valence-electron chi connectivity index (χ2n) is 12.9. The number of aromatic nitrogens is 2. The van der Waals surface area contributed by atoms with E-state index in [2.05, 4.69) is 16.3 Å². The molecule has 0 unspecified atom stereocenters. The first-order chi connectivity index (χ1) is 22.4. The number of carbonyl (C=O) groups is 1. The molecule has 8 rings (SSSR count). The van der Waals surface area contributed by atoms with Crippen LogP contribution in [-0.2, 0) is 50.4 Å². The van der Waals surface area contributed by atoms with Crippen LogP contribution in [0.2, 0.25) is 0 Å². The third-order valence-electron chi connectivity index (χ3n) is 10.1. The average Bonchev–Trinajstić information content (AvgIpc) is 3.42. The maximum Gasteiger partial charge on any atom is 0.274 e. The molecule has 4 aromatic rings. The fourth-order valence-electron chi connectivity index (χ4n) is 7.58. The van der Waals surface area contributed by atoms with Crippen molar-refractivity contribution in [3.8, 4) is 11.1 Å². The van der Waals surface area contributed by atoms with E-state index in [0.717, 1.165) is 68.1 Å². The number of aryl methyl sites for hydroxylation is 2. The van der Waals surface area contributed by atoms with Gasteiger partial charge < -0.3 is 19.5 Å². The lowest BCUT2D eigenvalue weighted by molar-refractivity contribution is -0.0696. The van der Waals surface area contributed by atoms with Gasteiger partial charge in [-0.3, -0.25) is 14.5 Å². The minimum absolute atomic E-state index is 0.0302. The molecule has 4 aliphatic rings. The molecule has 1 N–H and O–H groups in total. The summed E-state index contributed by atoms with van der Waals surface area (Å²) in [5, 5.41) is 3.27. The molecule has 10 heteroatoms. The summed E-state index contributed by atoms with van der Waals surface area (Å²) in [5.41, 5.74) is 7.89. The van der Waals surface area contributed by atoms with Crippen LogP contribution in [0.4, 0.5) is 21.6 Å². The summed E-state index contributed by atoms with van der Waals surface area (Å²) >= 11 is 1.64. The maximum atomic E-state index is 15.4. The number of ether oxygens (including phenoxy) is 1. The molecule has 46 heavy (non-hydrogen) atoms. The van der Waals surface area contributed by atoms with Crippen molar-refractivity contribution in [3.05, 3.63) is 90.4 Å². The Bertz CT molecular complexity index is 1930. The predicted octanol–water partition coefficient (Wildman–Crippen LogP) is 5.79. The molecule has 0 radical (unpaired) electrons. The Morgan fingerprint density at radius 2 is 1.89 bits per heavy atom. The summed E-state index contributed by atoms with van der Waals surface area (Å²) in [6, 6.07) is 9.29. The van der Waals surface area contributed by atoms with E-state index in [1.807, 2.05) is 13.0 Å². The van der Waals surface area contributed by atoms with E-state index in [4.69, 9.17) is 9.72 Å². The largest absolute Gasteiger partial charge is 0.378 e. The average molecular weight is 640 g/mol. The zero-order valence-corrected chi connectivity index (χ0v) is 27.1. The van der Waals surface area contributed by atoms with E-state index in [0.29, 0.717) is 47.3 Å². The summed E-state index contributed by atoms with van der Waals surface area (Å²) in [6.45, 7) is 5.93. The van der Waals surface area contributed by atoms with Gasteiger partial charge >= 0.3 is 0 Å². The number of anilines is 3. The molecule has 8 nitrogen and oxygen atoms in total. The molecule has 1 aliphatic carbocycles. The molecule has 1 fully saturated rings. The number of carbonyl (C=O) groups excluding carboxylic acids is 1. The molecule has 3 aromatic heterocycles. The number of halogens is 1. The van der Waals surface area contributed by atoms with E-state index < -0.39 is 5.82 Å². The molecule has 0 spiro atoms. The van der Waals surface area contributed by atoms with Crippen molar-refractivity contribution >= 4 is 34.4 Å². The van der Waals surface area contributed by atoms with E-state index in [1.165, 1.54) is 51.1 Å². The number of nitrogens with one attached hydrogen (secondary N) is 1. The summed E-state index contributed by atoms with van der Waals surface area (Å²) in [5.74, 6) is 0.170. The van der Waals surface area contributed by atoms with Crippen LogP contribution in [0.5, 0.6) is 0 Å². The third-order valence-corrected chi connectivity index (χ3v) is 11.4. The molecular weight excluding hydrogens is 601 g/mol. The number of nitrogens with zero attached hydrogens (tertiary/aromatic N) is 4. The normalized spacial score (nSPS) is 18.2. The van der Waals surface area contributed by atoms with E-state index in [9.17, 15) is 9.59 Å². The van der Waals surface area contributed by atoms with Gasteiger partial charge in [0.05, 0.1) is 29.8 Å². The molecule has 238 valence electrons. The molecule has 3 aliphatic heterocycles. The van der Waals surface area contributed by atoms with Crippen LogP contribution in [0, 0.1) is 5.82 Å². The van der Waals surface area contributed by atoms with Gasteiger partial charge in [-0.25, -0.2) is 9.37 Å². The van der Waals surface area contributed by atoms with Crippen LogP contribution in [0.1, 0.15) is 62.3 Å². The number of fused-ring (bicyclic) bond motifs is 4. The predicted molar refractivity (Wildman–Crippen MR) is 179 cm³/mol. The molecule has 0 bridgehead atoms. The van der Waals surface area contributed by atoms with Crippen LogP contribution >= 0.6 is 11.3 Å². The van der Waals surface area contributed by atoms with Gasteiger partial charge in [0.1, 0.15) is 17.3 Å². The van der Waals surface area contributed by atoms with Gasteiger partial charge in [-0.1, -0.05) is 13.0 Å². The summed E-state index contributed by atoms with van der Waals surface area (Å²) in [6.07, 6.45) is 8.42. The lowest BCUT2D eigenvalue weighted by Gasteiger charge is -2.39. The summed E-state index contributed by atoms with van der Waals surface area (Å²) in [7, 11) is 1.70. The number of benzene rings is 1. The lowest BCUT2D eigenvalue weighted by Crippen LogP contribution is -2.50. The van der Waals surface area contributed by atoms with Crippen LogP contribution in [0.15, 0.2) is 41.3 Å². The fourth-order valence-corrected chi connectivity index (χ4v) is 8.97. The van der Waals surface area contributed by atoms with E-state index in [-0.39, 0.29) is 11.5 Å². The second-order valence-corrected chi connectivity index (χ2v) is 14.0. The van der Waals surface area contributed by atoms with Crippen molar-refractivity contribution in [3.63, 3.8) is 0 Å². The SMILES string of the molecule is CCc1c(-c2cc(Nc3ccc4c(n3)CCN(C3COC3)C4)c(=O)n(C)c2)cc(F)cc1N1CCc2c(sc3c2CCCC3)C1=O. The summed E-state index contributed by atoms with van der Waals surface area (Å²) < 4.78 is 22.3. The van der Waals surface area contributed by atoms with Gasteiger partial charge in [-0.15, -0.1) is 11.3 Å². The Morgan fingerprint density at radius 1 is 1.04 bits per heavy atom. The Labute approximate surface area is 271 Å². The van der Waals surface area contributed by atoms with Crippen LogP contribution in [0.3, 0.4) is 0 Å². The Kier molecular flexibility index (Phi) is 7.54. The van der Waals surface area contributed by atoms with Gasteiger partial charge in [0.15, 0.2) is 0 Å². The van der Waals surface area contributed by atoms with Gasteiger partial charge in [-0.05, 0) is 90.6 Å². The molecular formula is C36H38FN5O3S. The molecule has 1 saturated heterocycles. The number of thiophene rings is 1. The zero-order chi connectivity index (χ0) is 31.5. The van der Waals surface area contributed by atoms with Crippen molar-refractivity contribution < 1.29 is 13.9 Å². The fraction of sp³-hybridized carbons (Fsp3) is 0.417. The number of pyridine rings is 2. The molecule has 0 atom stereocenters. The molecule has 1 amide bonds. The highest BCUT2D eigenvalue weighted by molar-refractivity contribution is 7.14. The highest BCUT2D eigenvalue weighted by Crippen LogP contribution is 2.41. The monoisotopic (exact) mass is 639 g/mol. The van der Waals surface area contributed by atoms with Crippen LogP contribution < -0.4 is 15.8 Å². The second kappa shape index (κ2) is 11.7. The van der Waals surface area contributed by atoms with Crippen LogP contribution in [0.25, 0.3) is 11.1 Å². The molecule has 1 aromatic carbocycles. The first-order valence-electron chi connectivity index (χ1n) is 16.4. The minimum Gasteiger partial charge on any atom is -0.378 e. The highest BCUT2D eigenvalue weighted by Gasteiger charge is 2.34. The van der Waals surface area contributed by atoms with Crippen molar-refractivity contribution in [2.24, 2.45) is 7.05 Å². The Balaban J connectivity index is 1.11. The van der Waals surface area contributed by atoms with Gasteiger partial charge in [0.25, 0.3) is 11.5 Å². The highest BCUT2D eigenvalue weighted by atomic mass is 32.1. The van der Waals surface area contributed by atoms with Crippen molar-refractivity contribution in [1.82, 2.24) is 14.5 Å². The maximum absolute atomic E-state index is 15.4. The van der Waals surface area contributed by atoms with Gasteiger partial charge in [0.2, 0.25) is 0 Å². The topological polar surface area (TPSA) is 79.7 Å². The number of amides is 1. The van der Waals surface area contributed by atoms with Crippen molar-refractivity contribution in [2.45, 2.75) is 64.5 Å². The Hall–Kier alpha value is -3.86. The Morgan fingerprint density at radius 3 is 2.70 bits per heavy atom. The first kappa shape index (κ1) is 29.5. The summed E-state index contributed by atoms with van der Waals surface area (Å²) in [4.78, 5) is 38.5. The van der Waals surface area contributed by atoms with Gasteiger partial charge in [0, 0.05) is 55.4 Å². The quantitative estimate of drug-likeness (QED) is 0.288.